The molecule has 0 saturated heterocycles. The number of pyridine rings is 1. The largest absolute Gasteiger partial charge is 0.455 e. The fourth-order valence-corrected chi connectivity index (χ4v) is 9.09. The van der Waals surface area contributed by atoms with Gasteiger partial charge in [-0.15, -0.1) is 0 Å². The Morgan fingerprint density at radius 3 is 1.59 bits per heavy atom. The highest BCUT2D eigenvalue weighted by molar-refractivity contribution is 6.19. The van der Waals surface area contributed by atoms with Gasteiger partial charge in [0.15, 0.2) is 5.82 Å². The molecule has 0 bridgehead atoms. The third-order valence-electron chi connectivity index (χ3n) is 12.1. The lowest BCUT2D eigenvalue weighted by Gasteiger charge is -2.16. The third kappa shape index (κ3) is 6.44. The van der Waals surface area contributed by atoms with E-state index in [0.717, 1.165) is 99.8 Å². The summed E-state index contributed by atoms with van der Waals surface area (Å²) in [6.45, 7) is 0. The summed E-state index contributed by atoms with van der Waals surface area (Å²) in [6, 6.07) is 78.5. The predicted molar refractivity (Wildman–Crippen MR) is 260 cm³/mol. The summed E-state index contributed by atoms with van der Waals surface area (Å²) in [5, 5.41) is 5.67. The van der Waals surface area contributed by atoms with Crippen molar-refractivity contribution < 1.29 is 4.42 Å². The second-order valence-electron chi connectivity index (χ2n) is 15.9. The second kappa shape index (κ2) is 15.2. The van der Waals surface area contributed by atoms with Crippen molar-refractivity contribution in [1.82, 2.24) is 15.0 Å². The fraction of sp³-hybridized carbons (Fsp3) is 0. The van der Waals surface area contributed by atoms with Crippen molar-refractivity contribution in [3.63, 3.8) is 0 Å². The molecule has 12 aromatic rings. The van der Waals surface area contributed by atoms with E-state index in [1.165, 1.54) is 16.5 Å². The molecule has 0 aliphatic carbocycles. The van der Waals surface area contributed by atoms with Gasteiger partial charge in [-0.05, 0) is 40.5 Å². The molecule has 0 atom stereocenters. The topological polar surface area (TPSA) is 51.8 Å². The number of hydrogen-bond acceptors (Lipinski definition) is 4. The fourth-order valence-electron chi connectivity index (χ4n) is 9.09. The zero-order valence-electron chi connectivity index (χ0n) is 34.1. The van der Waals surface area contributed by atoms with Gasteiger partial charge >= 0.3 is 0 Å². The summed E-state index contributed by atoms with van der Waals surface area (Å²) in [5.41, 5.74) is 16.0. The minimum absolute atomic E-state index is 0.670. The Kier molecular flexibility index (Phi) is 8.79. The molecule has 0 N–H and O–H groups in total. The molecule has 12 rings (SSSR count). The summed E-state index contributed by atoms with van der Waals surface area (Å²) in [5.74, 6) is 0.670. The molecule has 0 fully saturated rings. The molecule has 0 aliphatic rings. The highest BCUT2D eigenvalue weighted by atomic mass is 16.3. The average Bonchev–Trinajstić information content (AvgIpc) is 3.76. The van der Waals surface area contributed by atoms with E-state index >= 15 is 0 Å². The van der Waals surface area contributed by atoms with Crippen molar-refractivity contribution in [2.75, 3.05) is 0 Å². The van der Waals surface area contributed by atoms with Gasteiger partial charge < -0.3 is 4.42 Å². The number of aromatic nitrogens is 3. The van der Waals surface area contributed by atoms with E-state index in [2.05, 4.69) is 194 Å². The molecule has 63 heavy (non-hydrogen) atoms. The number of nitrogens with zero attached hydrogens (tertiary/aromatic N) is 3. The molecule has 4 nitrogen and oxygen atoms in total. The van der Waals surface area contributed by atoms with Crippen LogP contribution in [0.2, 0.25) is 0 Å². The Morgan fingerprint density at radius 1 is 0.302 bits per heavy atom. The van der Waals surface area contributed by atoms with Crippen LogP contribution < -0.4 is 0 Å². The van der Waals surface area contributed by atoms with E-state index in [0.29, 0.717) is 5.82 Å². The minimum Gasteiger partial charge on any atom is -0.455 e. The third-order valence-corrected chi connectivity index (χ3v) is 12.1. The zero-order valence-corrected chi connectivity index (χ0v) is 34.1. The first-order chi connectivity index (χ1) is 31.2. The highest BCUT2D eigenvalue weighted by Crippen LogP contribution is 2.42. The number of benzene rings is 9. The van der Waals surface area contributed by atoms with Crippen LogP contribution in [-0.4, -0.2) is 15.0 Å². The van der Waals surface area contributed by atoms with Crippen molar-refractivity contribution in [1.29, 1.82) is 0 Å². The van der Waals surface area contributed by atoms with Crippen molar-refractivity contribution in [2.24, 2.45) is 0 Å². The molecule has 0 spiro atoms. The lowest BCUT2D eigenvalue weighted by Crippen LogP contribution is -1.96. The molecule has 0 radical (unpaired) electrons. The number of rotatable bonds is 7. The average molecular weight is 804 g/mol. The number of hydrogen-bond donors (Lipinski definition) is 0. The van der Waals surface area contributed by atoms with Crippen molar-refractivity contribution in [2.45, 2.75) is 0 Å². The quantitative estimate of drug-likeness (QED) is 0.151. The van der Waals surface area contributed by atoms with Crippen molar-refractivity contribution >= 4 is 43.6 Å². The first kappa shape index (κ1) is 36.4. The van der Waals surface area contributed by atoms with Crippen LogP contribution >= 0.6 is 0 Å². The first-order valence-electron chi connectivity index (χ1n) is 21.3. The van der Waals surface area contributed by atoms with Crippen LogP contribution in [0.4, 0.5) is 0 Å². The number of para-hydroxylation sites is 3. The molecule has 3 heterocycles. The maximum atomic E-state index is 6.39. The molecule has 294 valence electrons. The lowest BCUT2D eigenvalue weighted by atomic mass is 9.91. The first-order valence-corrected chi connectivity index (χ1v) is 21.3. The Balaban J connectivity index is 0.997. The van der Waals surface area contributed by atoms with Crippen LogP contribution in [0.3, 0.4) is 0 Å². The van der Waals surface area contributed by atoms with Gasteiger partial charge in [-0.1, -0.05) is 206 Å². The molecular weight excluding hydrogens is 767 g/mol. The minimum atomic E-state index is 0.670. The summed E-state index contributed by atoms with van der Waals surface area (Å²) < 4.78 is 6.39. The van der Waals surface area contributed by atoms with Gasteiger partial charge in [0, 0.05) is 60.3 Å². The molecule has 3 aromatic heterocycles. The maximum Gasteiger partial charge on any atom is 0.160 e. The van der Waals surface area contributed by atoms with E-state index in [4.69, 9.17) is 19.4 Å². The van der Waals surface area contributed by atoms with E-state index < -0.39 is 0 Å². The lowest BCUT2D eigenvalue weighted by molar-refractivity contribution is 0.670. The van der Waals surface area contributed by atoms with Gasteiger partial charge in [-0.3, -0.25) is 0 Å². The van der Waals surface area contributed by atoms with Crippen LogP contribution in [0.25, 0.3) is 122 Å². The van der Waals surface area contributed by atoms with Gasteiger partial charge in [0.25, 0.3) is 0 Å². The van der Waals surface area contributed by atoms with Crippen LogP contribution in [0.1, 0.15) is 0 Å². The van der Waals surface area contributed by atoms with Crippen LogP contribution in [0.15, 0.2) is 229 Å². The molecule has 9 aromatic carbocycles. The Labute approximate surface area is 364 Å². The summed E-state index contributed by atoms with van der Waals surface area (Å²) in [6.07, 6.45) is 0. The van der Waals surface area contributed by atoms with Crippen LogP contribution in [-0.2, 0) is 0 Å². The molecular formula is C59H37N3O. The Bertz CT molecular complexity index is 3650. The predicted octanol–water partition coefficient (Wildman–Crippen LogP) is 15.7. The maximum absolute atomic E-state index is 6.39. The van der Waals surface area contributed by atoms with E-state index in [9.17, 15) is 0 Å². The van der Waals surface area contributed by atoms with Gasteiger partial charge in [0.2, 0.25) is 0 Å². The summed E-state index contributed by atoms with van der Waals surface area (Å²) >= 11 is 0. The molecule has 0 unspecified atom stereocenters. The van der Waals surface area contributed by atoms with E-state index in [1.807, 2.05) is 30.3 Å². The van der Waals surface area contributed by atoms with Gasteiger partial charge in [-0.2, -0.15) is 0 Å². The van der Waals surface area contributed by atoms with Crippen molar-refractivity contribution in [3.05, 3.63) is 224 Å². The van der Waals surface area contributed by atoms with Crippen LogP contribution in [0, 0.1) is 0 Å². The van der Waals surface area contributed by atoms with Gasteiger partial charge in [0.05, 0.1) is 22.6 Å². The monoisotopic (exact) mass is 803 g/mol. The van der Waals surface area contributed by atoms with Crippen LogP contribution in [0.5, 0.6) is 0 Å². The van der Waals surface area contributed by atoms with E-state index in [-0.39, 0.29) is 0 Å². The molecule has 0 saturated carbocycles. The summed E-state index contributed by atoms with van der Waals surface area (Å²) in [7, 11) is 0. The van der Waals surface area contributed by atoms with Gasteiger partial charge in [0.1, 0.15) is 11.2 Å². The van der Waals surface area contributed by atoms with E-state index in [1.54, 1.807) is 0 Å². The zero-order chi connectivity index (χ0) is 41.7. The number of fused-ring (bicyclic) bond motifs is 6. The highest BCUT2D eigenvalue weighted by Gasteiger charge is 2.19. The second-order valence-corrected chi connectivity index (χ2v) is 15.9. The molecule has 0 aliphatic heterocycles. The standard InChI is InChI=1S/C59H37N3O/c1-4-16-38(17-5-1)45-25-13-29-50-55(45)51-30-14-26-46(57(51)62-56(50)41-18-6-2-7-19-41)43-22-12-23-44(36-43)53-37-52(60-59(61-53)42-20-8-3-9-21-42)40-34-32-39(33-35-40)47-27-15-28-49-48-24-10-11-31-54(48)63-58(47)49/h1-37H. The number of furan rings is 1. The Hall–Kier alpha value is -8.47. The van der Waals surface area contributed by atoms with Gasteiger partial charge in [-0.25, -0.2) is 15.0 Å². The SMILES string of the molecule is c1ccc(-c2nc(-c3ccc(-c4cccc5c4oc4ccccc45)cc3)cc(-c3cccc(-c4cccc5c4nc(-c4ccccc4)c4cccc(-c6ccccc6)c45)c3)n2)cc1. The molecule has 4 heteroatoms. The summed E-state index contributed by atoms with van der Waals surface area (Å²) in [4.78, 5) is 15.9. The van der Waals surface area contributed by atoms with Crippen molar-refractivity contribution in [3.8, 4) is 78.5 Å². The smallest absolute Gasteiger partial charge is 0.160 e. The Morgan fingerprint density at radius 2 is 0.825 bits per heavy atom. The normalized spacial score (nSPS) is 11.5. The molecule has 0 amide bonds.